The van der Waals surface area contributed by atoms with Crippen molar-refractivity contribution >= 4 is 0 Å². The number of halogens is 3. The summed E-state index contributed by atoms with van der Waals surface area (Å²) in [5.41, 5.74) is -0.0737. The molecule has 1 heterocycles. The van der Waals surface area contributed by atoms with E-state index in [9.17, 15) is 13.2 Å². The van der Waals surface area contributed by atoms with Gasteiger partial charge in [-0.15, -0.1) is 0 Å². The molecule has 0 atom stereocenters. The van der Waals surface area contributed by atoms with Crippen LogP contribution in [0.1, 0.15) is 43.4 Å². The van der Waals surface area contributed by atoms with E-state index in [1.165, 1.54) is 38.3 Å². The normalized spacial score (nSPS) is 16.5. The second kappa shape index (κ2) is 7.38. The zero-order valence-corrected chi connectivity index (χ0v) is 13.5. The molecule has 24 heavy (non-hydrogen) atoms. The van der Waals surface area contributed by atoms with Crippen LogP contribution in [0.2, 0.25) is 0 Å². The van der Waals surface area contributed by atoms with Crippen LogP contribution in [0.4, 0.5) is 13.2 Å². The first-order chi connectivity index (χ1) is 11.6. The molecule has 1 aliphatic carbocycles. The predicted molar refractivity (Wildman–Crippen MR) is 86.8 cm³/mol. The molecular weight excluding hydrogens is 315 g/mol. The largest absolute Gasteiger partial charge is 0.433 e. The van der Waals surface area contributed by atoms with Crippen molar-refractivity contribution in [2.45, 2.75) is 44.8 Å². The van der Waals surface area contributed by atoms with Gasteiger partial charge in [-0.1, -0.05) is 37.5 Å². The zero-order valence-electron chi connectivity index (χ0n) is 13.5. The first kappa shape index (κ1) is 17.0. The summed E-state index contributed by atoms with van der Waals surface area (Å²) in [5, 5.41) is 7.17. The molecule has 0 spiro atoms. The van der Waals surface area contributed by atoms with E-state index in [1.54, 1.807) is 30.3 Å². The van der Waals surface area contributed by atoms with Gasteiger partial charge in [0.05, 0.1) is 11.9 Å². The van der Waals surface area contributed by atoms with Gasteiger partial charge in [0.25, 0.3) is 0 Å². The fourth-order valence-electron chi connectivity index (χ4n) is 3.38. The van der Waals surface area contributed by atoms with Crippen molar-refractivity contribution in [1.29, 1.82) is 0 Å². The Kier molecular flexibility index (Phi) is 5.23. The average molecular weight is 337 g/mol. The summed E-state index contributed by atoms with van der Waals surface area (Å²) in [4.78, 5) is 0. The number of benzene rings is 1. The van der Waals surface area contributed by atoms with Gasteiger partial charge < -0.3 is 5.32 Å². The van der Waals surface area contributed by atoms with Crippen molar-refractivity contribution in [2.75, 3.05) is 6.54 Å². The third kappa shape index (κ3) is 3.98. The molecule has 0 radical (unpaired) electrons. The van der Waals surface area contributed by atoms with E-state index in [0.29, 0.717) is 11.6 Å². The number of aromatic nitrogens is 2. The smallest absolute Gasteiger partial charge is 0.312 e. The van der Waals surface area contributed by atoms with Crippen molar-refractivity contribution in [1.82, 2.24) is 15.1 Å². The molecular formula is C18H22F3N3. The van der Waals surface area contributed by atoms with Gasteiger partial charge in [0, 0.05) is 12.1 Å². The van der Waals surface area contributed by atoms with Crippen molar-refractivity contribution in [3.8, 4) is 5.69 Å². The Hall–Kier alpha value is -1.82. The molecule has 6 heteroatoms. The maximum absolute atomic E-state index is 13.5. The lowest BCUT2D eigenvalue weighted by atomic mass is 9.89. The molecule has 0 aliphatic heterocycles. The highest BCUT2D eigenvalue weighted by molar-refractivity contribution is 5.36. The van der Waals surface area contributed by atoms with Gasteiger partial charge >= 0.3 is 6.18 Å². The van der Waals surface area contributed by atoms with Crippen LogP contribution in [-0.2, 0) is 12.7 Å². The molecule has 0 unspecified atom stereocenters. The predicted octanol–water partition coefficient (Wildman–Crippen LogP) is 4.56. The highest BCUT2D eigenvalue weighted by atomic mass is 19.4. The summed E-state index contributed by atoms with van der Waals surface area (Å²) in [5.74, 6) is 0.581. The van der Waals surface area contributed by atoms with Gasteiger partial charge in [0.2, 0.25) is 0 Å². The standard InChI is InChI=1S/C18H22F3N3/c19-18(20,21)17-15(12-22-11-14-7-3-1-4-8-14)13-23-24(17)16-9-5-2-6-10-16/h2,5-6,9-10,13-14,22H,1,3-4,7-8,11-12H2. The number of hydrogen-bond acceptors (Lipinski definition) is 2. The van der Waals surface area contributed by atoms with Gasteiger partial charge in [0.1, 0.15) is 0 Å². The molecule has 1 fully saturated rings. The Labute approximate surface area is 139 Å². The maximum Gasteiger partial charge on any atom is 0.433 e. The Morgan fingerprint density at radius 1 is 1.08 bits per heavy atom. The monoisotopic (exact) mass is 337 g/mol. The fraction of sp³-hybridized carbons (Fsp3) is 0.500. The minimum atomic E-state index is -4.44. The third-order valence-corrected chi connectivity index (χ3v) is 4.59. The van der Waals surface area contributed by atoms with Gasteiger partial charge in [-0.2, -0.15) is 18.3 Å². The van der Waals surface area contributed by atoms with Crippen molar-refractivity contribution < 1.29 is 13.2 Å². The Bertz CT molecular complexity index is 643. The van der Waals surface area contributed by atoms with Crippen LogP contribution in [0.25, 0.3) is 5.69 Å². The number of rotatable bonds is 5. The van der Waals surface area contributed by atoms with E-state index in [4.69, 9.17) is 0 Å². The second-order valence-corrected chi connectivity index (χ2v) is 6.40. The highest BCUT2D eigenvalue weighted by Gasteiger charge is 2.38. The Balaban J connectivity index is 1.74. The first-order valence-electron chi connectivity index (χ1n) is 8.46. The molecule has 1 N–H and O–H groups in total. The molecule has 2 aromatic rings. The second-order valence-electron chi connectivity index (χ2n) is 6.40. The molecule has 3 rings (SSSR count). The minimum Gasteiger partial charge on any atom is -0.312 e. The lowest BCUT2D eigenvalue weighted by Crippen LogP contribution is -2.25. The van der Waals surface area contributed by atoms with Crippen molar-refractivity contribution in [3.63, 3.8) is 0 Å². The maximum atomic E-state index is 13.5. The lowest BCUT2D eigenvalue weighted by molar-refractivity contribution is -0.143. The third-order valence-electron chi connectivity index (χ3n) is 4.59. The summed E-state index contributed by atoms with van der Waals surface area (Å²) < 4.78 is 41.5. The van der Waals surface area contributed by atoms with Gasteiger partial charge in [-0.3, -0.25) is 0 Å². The number of nitrogens with zero attached hydrogens (tertiary/aromatic N) is 2. The highest BCUT2D eigenvalue weighted by Crippen LogP contribution is 2.33. The van der Waals surface area contributed by atoms with E-state index < -0.39 is 11.9 Å². The molecule has 1 aliphatic rings. The molecule has 130 valence electrons. The van der Waals surface area contributed by atoms with E-state index >= 15 is 0 Å². The molecule has 0 amide bonds. The van der Waals surface area contributed by atoms with E-state index in [1.807, 2.05) is 0 Å². The Morgan fingerprint density at radius 3 is 2.46 bits per heavy atom. The van der Waals surface area contributed by atoms with Crippen molar-refractivity contribution in [2.24, 2.45) is 5.92 Å². The summed E-state index contributed by atoms with van der Waals surface area (Å²) >= 11 is 0. The number of hydrogen-bond donors (Lipinski definition) is 1. The van der Waals surface area contributed by atoms with Crippen LogP contribution >= 0.6 is 0 Å². The average Bonchev–Trinajstić information content (AvgIpc) is 3.01. The van der Waals surface area contributed by atoms with Crippen LogP contribution in [-0.4, -0.2) is 16.3 Å². The van der Waals surface area contributed by atoms with Crippen LogP contribution in [0.5, 0.6) is 0 Å². The van der Waals surface area contributed by atoms with E-state index in [-0.39, 0.29) is 12.1 Å². The van der Waals surface area contributed by atoms with Crippen LogP contribution in [0.15, 0.2) is 36.5 Å². The Morgan fingerprint density at radius 2 is 1.79 bits per heavy atom. The molecule has 3 nitrogen and oxygen atoms in total. The van der Waals surface area contributed by atoms with E-state index in [0.717, 1.165) is 11.2 Å². The zero-order chi connectivity index (χ0) is 17.0. The lowest BCUT2D eigenvalue weighted by Gasteiger charge is -2.22. The van der Waals surface area contributed by atoms with Crippen LogP contribution in [0.3, 0.4) is 0 Å². The molecule has 0 saturated heterocycles. The molecule has 1 saturated carbocycles. The van der Waals surface area contributed by atoms with Gasteiger partial charge in [0.15, 0.2) is 5.69 Å². The minimum absolute atomic E-state index is 0.193. The summed E-state index contributed by atoms with van der Waals surface area (Å²) in [7, 11) is 0. The summed E-state index contributed by atoms with van der Waals surface area (Å²) in [6.45, 7) is 0.964. The number of para-hydroxylation sites is 1. The summed E-state index contributed by atoms with van der Waals surface area (Å²) in [6, 6.07) is 8.44. The number of nitrogens with one attached hydrogen (secondary N) is 1. The SMILES string of the molecule is FC(F)(F)c1c(CNCC2CCCCC2)cnn1-c1ccccc1. The molecule has 1 aromatic carbocycles. The molecule has 0 bridgehead atoms. The van der Waals surface area contributed by atoms with Crippen LogP contribution in [0, 0.1) is 5.92 Å². The van der Waals surface area contributed by atoms with Crippen LogP contribution < -0.4 is 5.32 Å². The first-order valence-corrected chi connectivity index (χ1v) is 8.46. The number of alkyl halides is 3. The quantitative estimate of drug-likeness (QED) is 0.867. The van der Waals surface area contributed by atoms with E-state index in [2.05, 4.69) is 10.4 Å². The van der Waals surface area contributed by atoms with Gasteiger partial charge in [-0.25, -0.2) is 4.68 Å². The summed E-state index contributed by atoms with van der Waals surface area (Å²) in [6.07, 6.45) is 2.96. The topological polar surface area (TPSA) is 29.9 Å². The molecule has 1 aromatic heterocycles. The van der Waals surface area contributed by atoms with Gasteiger partial charge in [-0.05, 0) is 37.4 Å². The fourth-order valence-corrected chi connectivity index (χ4v) is 3.38. The van der Waals surface area contributed by atoms with Crippen molar-refractivity contribution in [3.05, 3.63) is 47.8 Å².